The van der Waals surface area contributed by atoms with E-state index < -0.39 is 35.3 Å². The van der Waals surface area contributed by atoms with Crippen molar-refractivity contribution in [3.63, 3.8) is 0 Å². The Kier molecular flexibility index (Phi) is 20.9. The van der Waals surface area contributed by atoms with Gasteiger partial charge in [-0.3, -0.25) is 0 Å². The second-order valence-electron chi connectivity index (χ2n) is 15.2. The van der Waals surface area contributed by atoms with Crippen LogP contribution in [0.3, 0.4) is 0 Å². The fourth-order valence-corrected chi connectivity index (χ4v) is 7.01. The van der Waals surface area contributed by atoms with Crippen molar-refractivity contribution in [2.24, 2.45) is 17.3 Å². The van der Waals surface area contributed by atoms with Gasteiger partial charge in [0.1, 0.15) is 31.3 Å². The maximum absolute atomic E-state index is 12.5. The van der Waals surface area contributed by atoms with Gasteiger partial charge >= 0.3 is 29.8 Å². The standard InChI is InChI=1S/C46H64O12/c1-7-11-12-14-34-16-18-35(19-17-34)29-55-39-23-20-36(21-24-39)37-22-25-40(38(28-37)15-13-27-54-41(47)33(5)6)56-30-46(26-8-2,31-57-44(50)42(48)52-9-3)32-58-45(51)43(49)53-10-4/h20-25,28,34-35H,5,7-19,26-27,29-32H2,1-4,6H3. The van der Waals surface area contributed by atoms with Gasteiger partial charge in [-0.2, -0.15) is 0 Å². The normalized spacial score (nSPS) is 15.1. The third-order valence-corrected chi connectivity index (χ3v) is 10.3. The monoisotopic (exact) mass is 808 g/mol. The van der Waals surface area contributed by atoms with Crippen LogP contribution in [0.1, 0.15) is 111 Å². The van der Waals surface area contributed by atoms with Crippen molar-refractivity contribution in [3.05, 3.63) is 60.2 Å². The summed E-state index contributed by atoms with van der Waals surface area (Å²) in [6.45, 7) is 12.5. The van der Waals surface area contributed by atoms with E-state index in [1.165, 1.54) is 51.4 Å². The van der Waals surface area contributed by atoms with Gasteiger partial charge in [0.25, 0.3) is 0 Å². The highest BCUT2D eigenvalue weighted by molar-refractivity contribution is 6.30. The number of aryl methyl sites for hydroxylation is 1. The lowest BCUT2D eigenvalue weighted by Gasteiger charge is -2.32. The first-order chi connectivity index (χ1) is 27.9. The molecular weight excluding hydrogens is 744 g/mol. The summed E-state index contributed by atoms with van der Waals surface area (Å²) in [7, 11) is 0. The van der Waals surface area contributed by atoms with Crippen LogP contribution in [0.15, 0.2) is 54.6 Å². The third kappa shape index (κ3) is 16.2. The molecule has 0 bridgehead atoms. The molecule has 1 aliphatic rings. The SMILES string of the molecule is C=C(C)C(=O)OCCCc1cc(-c2ccc(OCC3CCC(CCCCC)CC3)cc2)ccc1OCC(CCC)(COC(=O)C(=O)OCC)COC(=O)C(=O)OCC. The Bertz CT molecular complexity index is 1590. The van der Waals surface area contributed by atoms with Gasteiger partial charge in [-0.15, -0.1) is 0 Å². The lowest BCUT2D eigenvalue weighted by atomic mass is 9.80. The molecule has 0 N–H and O–H groups in total. The molecule has 0 unspecified atom stereocenters. The maximum Gasteiger partial charge on any atom is 0.417 e. The first kappa shape index (κ1) is 47.5. The number of carbonyl (C=O) groups is 5. The molecule has 0 saturated heterocycles. The first-order valence-electron chi connectivity index (χ1n) is 20.9. The summed E-state index contributed by atoms with van der Waals surface area (Å²) < 4.78 is 38.3. The number of ether oxygens (including phenoxy) is 7. The molecule has 0 aromatic heterocycles. The van der Waals surface area contributed by atoms with E-state index in [9.17, 15) is 24.0 Å². The zero-order valence-corrected chi connectivity index (χ0v) is 35.2. The predicted molar refractivity (Wildman–Crippen MR) is 219 cm³/mol. The van der Waals surface area contributed by atoms with Crippen LogP contribution in [-0.4, -0.2) is 76.1 Å². The van der Waals surface area contributed by atoms with Crippen molar-refractivity contribution in [1.29, 1.82) is 0 Å². The van der Waals surface area contributed by atoms with Crippen molar-refractivity contribution >= 4 is 29.8 Å². The molecule has 2 aromatic rings. The Morgan fingerprint density at radius 2 is 1.22 bits per heavy atom. The summed E-state index contributed by atoms with van der Waals surface area (Å²) in [5, 5.41) is 0. The number of hydrogen-bond acceptors (Lipinski definition) is 12. The van der Waals surface area contributed by atoms with Gasteiger partial charge in [0.2, 0.25) is 0 Å². The van der Waals surface area contributed by atoms with Crippen molar-refractivity contribution < 1.29 is 57.1 Å². The molecule has 12 heteroatoms. The number of hydrogen-bond donors (Lipinski definition) is 0. The number of rotatable bonds is 24. The van der Waals surface area contributed by atoms with Crippen LogP contribution in [0.2, 0.25) is 0 Å². The zero-order valence-electron chi connectivity index (χ0n) is 35.2. The zero-order chi connectivity index (χ0) is 42.3. The van der Waals surface area contributed by atoms with E-state index >= 15 is 0 Å². The van der Waals surface area contributed by atoms with Gasteiger partial charge < -0.3 is 33.2 Å². The molecule has 58 heavy (non-hydrogen) atoms. The average molecular weight is 809 g/mol. The lowest BCUT2D eigenvalue weighted by molar-refractivity contribution is -0.175. The Balaban J connectivity index is 1.79. The Hall–Kier alpha value is -4.87. The quantitative estimate of drug-likeness (QED) is 0.0329. The number of esters is 5. The molecule has 3 rings (SSSR count). The van der Waals surface area contributed by atoms with E-state index in [2.05, 4.69) is 13.5 Å². The Morgan fingerprint density at radius 1 is 0.638 bits per heavy atom. The number of carbonyl (C=O) groups excluding carboxylic acids is 5. The van der Waals surface area contributed by atoms with E-state index in [1.807, 2.05) is 49.4 Å². The largest absolute Gasteiger partial charge is 0.493 e. The van der Waals surface area contributed by atoms with Crippen molar-refractivity contribution in [2.45, 2.75) is 112 Å². The van der Waals surface area contributed by atoms with Gasteiger partial charge in [0, 0.05) is 5.57 Å². The second kappa shape index (κ2) is 25.5. The first-order valence-corrected chi connectivity index (χ1v) is 20.9. The molecule has 0 radical (unpaired) electrons. The number of unbranched alkanes of at least 4 members (excludes halogenated alkanes) is 2. The molecular formula is C46H64O12. The Labute approximate surface area is 344 Å². The maximum atomic E-state index is 12.5. The minimum atomic E-state index is -1.20. The van der Waals surface area contributed by atoms with Gasteiger partial charge in [-0.25, -0.2) is 24.0 Å². The van der Waals surface area contributed by atoms with Gasteiger partial charge in [0.15, 0.2) is 0 Å². The van der Waals surface area contributed by atoms with Crippen LogP contribution in [0.4, 0.5) is 0 Å². The van der Waals surface area contributed by atoms with E-state index in [0.717, 1.165) is 35.0 Å². The van der Waals surface area contributed by atoms with Crippen LogP contribution in [0.25, 0.3) is 11.1 Å². The highest BCUT2D eigenvalue weighted by Crippen LogP contribution is 2.34. The molecule has 12 nitrogen and oxygen atoms in total. The van der Waals surface area contributed by atoms with Crippen LogP contribution < -0.4 is 9.47 Å². The van der Waals surface area contributed by atoms with Crippen LogP contribution in [0.5, 0.6) is 11.5 Å². The van der Waals surface area contributed by atoms with Gasteiger partial charge in [-0.05, 0) is 106 Å². The van der Waals surface area contributed by atoms with Crippen LogP contribution in [0, 0.1) is 17.3 Å². The minimum Gasteiger partial charge on any atom is -0.493 e. The van der Waals surface area contributed by atoms with E-state index in [-0.39, 0.29) is 39.6 Å². The average Bonchev–Trinajstić information content (AvgIpc) is 3.22. The number of benzene rings is 2. The Morgan fingerprint density at radius 3 is 1.79 bits per heavy atom. The van der Waals surface area contributed by atoms with Crippen molar-refractivity contribution in [3.8, 4) is 22.6 Å². The smallest absolute Gasteiger partial charge is 0.417 e. The van der Waals surface area contributed by atoms with E-state index in [4.69, 9.17) is 33.2 Å². The summed E-state index contributed by atoms with van der Waals surface area (Å²) >= 11 is 0. The van der Waals surface area contributed by atoms with Gasteiger partial charge in [0.05, 0.1) is 31.8 Å². The highest BCUT2D eigenvalue weighted by Gasteiger charge is 2.37. The molecule has 2 aromatic carbocycles. The van der Waals surface area contributed by atoms with Gasteiger partial charge in [-0.1, -0.05) is 83.6 Å². The molecule has 0 amide bonds. The van der Waals surface area contributed by atoms with E-state index in [0.29, 0.717) is 42.9 Å². The molecule has 0 atom stereocenters. The molecule has 1 aliphatic carbocycles. The van der Waals surface area contributed by atoms with E-state index in [1.54, 1.807) is 20.8 Å². The van der Waals surface area contributed by atoms with Crippen molar-refractivity contribution in [2.75, 3.05) is 46.2 Å². The molecule has 0 spiro atoms. The minimum absolute atomic E-state index is 0.0164. The molecule has 1 fully saturated rings. The second-order valence-corrected chi connectivity index (χ2v) is 15.2. The topological polar surface area (TPSA) is 150 Å². The van der Waals surface area contributed by atoms with Crippen LogP contribution in [-0.2, 0) is 54.1 Å². The summed E-state index contributed by atoms with van der Waals surface area (Å²) in [6.07, 6.45) is 12.2. The third-order valence-electron chi connectivity index (χ3n) is 10.3. The molecule has 0 heterocycles. The molecule has 320 valence electrons. The highest BCUT2D eigenvalue weighted by atomic mass is 16.6. The molecule has 0 aliphatic heterocycles. The summed E-state index contributed by atoms with van der Waals surface area (Å²) in [5.41, 5.74) is 1.87. The summed E-state index contributed by atoms with van der Waals surface area (Å²) in [6, 6.07) is 13.8. The summed E-state index contributed by atoms with van der Waals surface area (Å²) in [4.78, 5) is 61.1. The summed E-state index contributed by atoms with van der Waals surface area (Å²) in [5.74, 6) is -2.42. The van der Waals surface area contributed by atoms with Crippen LogP contribution >= 0.6 is 0 Å². The molecule has 1 saturated carbocycles. The predicted octanol–water partition coefficient (Wildman–Crippen LogP) is 8.55. The fraction of sp³-hybridized carbons (Fsp3) is 0.587. The van der Waals surface area contributed by atoms with Crippen molar-refractivity contribution in [1.82, 2.24) is 0 Å². The fourth-order valence-electron chi connectivity index (χ4n) is 7.01. The lowest BCUT2D eigenvalue weighted by Crippen LogP contribution is -2.41.